The van der Waals surface area contributed by atoms with E-state index in [0.29, 0.717) is 18.8 Å². The molecule has 1 N–H and O–H groups in total. The summed E-state index contributed by atoms with van der Waals surface area (Å²) in [7, 11) is 1.38. The zero-order valence-electron chi connectivity index (χ0n) is 9.35. The lowest BCUT2D eigenvalue weighted by atomic mass is 10.2. The first-order valence-corrected chi connectivity index (χ1v) is 6.08. The van der Waals surface area contributed by atoms with E-state index in [2.05, 4.69) is 31.0 Å². The highest BCUT2D eigenvalue weighted by Gasteiger charge is 2.31. The molecule has 92 valence electrons. The predicted octanol–water partition coefficient (Wildman–Crippen LogP) is 1.13. The van der Waals surface area contributed by atoms with Gasteiger partial charge in [-0.1, -0.05) is 0 Å². The summed E-state index contributed by atoms with van der Waals surface area (Å²) in [5.41, 5.74) is 0. The molecule has 1 aromatic rings. The number of halogens is 1. The largest absolute Gasteiger partial charge is 0.472 e. The second kappa shape index (κ2) is 5.46. The van der Waals surface area contributed by atoms with E-state index >= 15 is 0 Å². The maximum absolute atomic E-state index is 11.3. The van der Waals surface area contributed by atoms with Crippen molar-refractivity contribution in [3.8, 4) is 5.88 Å². The van der Waals surface area contributed by atoms with Gasteiger partial charge in [-0.25, -0.2) is 4.98 Å². The Kier molecular flexibility index (Phi) is 3.96. The second-order valence-electron chi connectivity index (χ2n) is 3.75. The Labute approximate surface area is 108 Å². The molecule has 17 heavy (non-hydrogen) atoms. The fraction of sp³-hybridized carbons (Fsp3) is 0.455. The molecule has 0 bridgehead atoms. The standard InChI is InChI=1S/C11H13BrN2O3/c1-16-11(15)9-5-7(6-14-9)17-10-8(12)3-2-4-13-10/h2-4,7,9,14H,5-6H2,1H3/t7-,9+/m1/s1. The zero-order valence-corrected chi connectivity index (χ0v) is 10.9. The first-order chi connectivity index (χ1) is 8.20. The third-order valence-corrected chi connectivity index (χ3v) is 3.18. The van der Waals surface area contributed by atoms with E-state index in [4.69, 9.17) is 4.74 Å². The molecule has 2 atom stereocenters. The normalized spacial score (nSPS) is 23.4. The van der Waals surface area contributed by atoms with Crippen molar-refractivity contribution in [2.24, 2.45) is 0 Å². The van der Waals surface area contributed by atoms with Crippen molar-refractivity contribution in [1.29, 1.82) is 0 Å². The van der Waals surface area contributed by atoms with Crippen LogP contribution >= 0.6 is 15.9 Å². The van der Waals surface area contributed by atoms with Crippen molar-refractivity contribution < 1.29 is 14.3 Å². The lowest BCUT2D eigenvalue weighted by molar-refractivity contribution is -0.142. The molecule has 1 aliphatic heterocycles. The van der Waals surface area contributed by atoms with E-state index in [9.17, 15) is 4.79 Å². The molecule has 0 saturated carbocycles. The van der Waals surface area contributed by atoms with Crippen molar-refractivity contribution >= 4 is 21.9 Å². The molecule has 0 radical (unpaired) electrons. The molecule has 6 heteroatoms. The fourth-order valence-corrected chi connectivity index (χ4v) is 2.08. The highest BCUT2D eigenvalue weighted by atomic mass is 79.9. The van der Waals surface area contributed by atoms with Gasteiger partial charge >= 0.3 is 5.97 Å². The van der Waals surface area contributed by atoms with Crippen LogP contribution in [0.2, 0.25) is 0 Å². The highest BCUT2D eigenvalue weighted by Crippen LogP contribution is 2.24. The number of esters is 1. The Morgan fingerprint density at radius 3 is 3.18 bits per heavy atom. The number of carbonyl (C=O) groups is 1. The minimum absolute atomic E-state index is 0.0645. The Morgan fingerprint density at radius 1 is 1.65 bits per heavy atom. The number of nitrogens with one attached hydrogen (secondary N) is 1. The maximum atomic E-state index is 11.3. The highest BCUT2D eigenvalue weighted by molar-refractivity contribution is 9.10. The van der Waals surface area contributed by atoms with E-state index in [-0.39, 0.29) is 18.1 Å². The van der Waals surface area contributed by atoms with Gasteiger partial charge in [0, 0.05) is 19.2 Å². The molecule has 2 rings (SSSR count). The summed E-state index contributed by atoms with van der Waals surface area (Å²) in [6, 6.07) is 3.40. The zero-order chi connectivity index (χ0) is 12.3. The molecular formula is C11H13BrN2O3. The number of carbonyl (C=O) groups excluding carboxylic acids is 1. The SMILES string of the molecule is COC(=O)[C@@H]1C[C@@H](Oc2ncccc2Br)CN1. The van der Waals surface area contributed by atoms with Crippen molar-refractivity contribution in [3.63, 3.8) is 0 Å². The maximum Gasteiger partial charge on any atom is 0.323 e. The molecule has 0 amide bonds. The third kappa shape index (κ3) is 2.95. The van der Waals surface area contributed by atoms with Crippen molar-refractivity contribution in [1.82, 2.24) is 10.3 Å². The van der Waals surface area contributed by atoms with Gasteiger partial charge in [0.2, 0.25) is 5.88 Å². The average molecular weight is 301 g/mol. The van der Waals surface area contributed by atoms with E-state index in [1.807, 2.05) is 12.1 Å². The Hall–Kier alpha value is -1.14. The van der Waals surface area contributed by atoms with Crippen LogP contribution in [0.15, 0.2) is 22.8 Å². The summed E-state index contributed by atoms with van der Waals surface area (Å²) in [6.45, 7) is 0.614. The summed E-state index contributed by atoms with van der Waals surface area (Å²) in [5.74, 6) is 0.293. The lowest BCUT2D eigenvalue weighted by Crippen LogP contribution is -2.31. The molecule has 1 aliphatic rings. The number of aromatic nitrogens is 1. The van der Waals surface area contributed by atoms with Gasteiger partial charge in [-0.15, -0.1) is 0 Å². The molecule has 1 saturated heterocycles. The smallest absolute Gasteiger partial charge is 0.323 e. The van der Waals surface area contributed by atoms with Gasteiger partial charge in [0.1, 0.15) is 12.1 Å². The summed E-state index contributed by atoms with van der Waals surface area (Å²) in [5, 5.41) is 3.05. The minimum Gasteiger partial charge on any atom is -0.472 e. The van der Waals surface area contributed by atoms with E-state index < -0.39 is 0 Å². The van der Waals surface area contributed by atoms with Gasteiger partial charge in [-0.3, -0.25) is 4.79 Å². The summed E-state index contributed by atoms with van der Waals surface area (Å²) >= 11 is 3.36. The molecule has 1 aromatic heterocycles. The third-order valence-electron chi connectivity index (χ3n) is 2.58. The van der Waals surface area contributed by atoms with Gasteiger partial charge in [0.05, 0.1) is 11.6 Å². The molecule has 0 unspecified atom stereocenters. The van der Waals surface area contributed by atoms with Gasteiger partial charge in [0.25, 0.3) is 0 Å². The fourth-order valence-electron chi connectivity index (χ4n) is 1.73. The van der Waals surface area contributed by atoms with Crippen LogP contribution < -0.4 is 10.1 Å². The monoisotopic (exact) mass is 300 g/mol. The first kappa shape index (κ1) is 12.3. The van der Waals surface area contributed by atoms with Crippen LogP contribution in [-0.2, 0) is 9.53 Å². The van der Waals surface area contributed by atoms with Crippen LogP contribution in [0.1, 0.15) is 6.42 Å². The van der Waals surface area contributed by atoms with Gasteiger partial charge in [0.15, 0.2) is 0 Å². The number of pyridine rings is 1. The van der Waals surface area contributed by atoms with Gasteiger partial charge in [-0.05, 0) is 28.1 Å². The van der Waals surface area contributed by atoms with Crippen molar-refractivity contribution in [2.75, 3.05) is 13.7 Å². The quantitative estimate of drug-likeness (QED) is 0.848. The van der Waals surface area contributed by atoms with Crippen LogP contribution in [0.4, 0.5) is 0 Å². The number of rotatable bonds is 3. The van der Waals surface area contributed by atoms with E-state index in [0.717, 1.165) is 4.47 Å². The number of methoxy groups -OCH3 is 1. The predicted molar refractivity (Wildman–Crippen MR) is 64.8 cm³/mol. The lowest BCUT2D eigenvalue weighted by Gasteiger charge is -2.12. The van der Waals surface area contributed by atoms with Crippen LogP contribution in [0.5, 0.6) is 5.88 Å². The number of nitrogens with zero attached hydrogens (tertiary/aromatic N) is 1. The molecule has 0 spiro atoms. The summed E-state index contributed by atoms with van der Waals surface area (Å²) < 4.78 is 11.2. The average Bonchev–Trinajstić information content (AvgIpc) is 2.80. The molecule has 0 aliphatic carbocycles. The first-order valence-electron chi connectivity index (χ1n) is 5.29. The van der Waals surface area contributed by atoms with Gasteiger partial charge in [-0.2, -0.15) is 0 Å². The molecular weight excluding hydrogens is 288 g/mol. The molecule has 0 aromatic carbocycles. The second-order valence-corrected chi connectivity index (χ2v) is 4.60. The molecule has 5 nitrogen and oxygen atoms in total. The summed E-state index contributed by atoms with van der Waals surface area (Å²) in [6.07, 6.45) is 2.20. The van der Waals surface area contributed by atoms with Crippen LogP contribution in [0, 0.1) is 0 Å². The molecule has 1 fully saturated rings. The number of hydrogen-bond donors (Lipinski definition) is 1. The minimum atomic E-state index is -0.285. The van der Waals surface area contributed by atoms with E-state index in [1.165, 1.54) is 7.11 Å². The Morgan fingerprint density at radius 2 is 2.47 bits per heavy atom. The van der Waals surface area contributed by atoms with Gasteiger partial charge < -0.3 is 14.8 Å². The number of ether oxygens (including phenoxy) is 2. The summed E-state index contributed by atoms with van der Waals surface area (Å²) in [4.78, 5) is 15.4. The van der Waals surface area contributed by atoms with Crippen molar-refractivity contribution in [3.05, 3.63) is 22.8 Å². The van der Waals surface area contributed by atoms with Crippen LogP contribution in [0.3, 0.4) is 0 Å². The molecule has 2 heterocycles. The Balaban J connectivity index is 1.94. The number of hydrogen-bond acceptors (Lipinski definition) is 5. The van der Waals surface area contributed by atoms with E-state index in [1.54, 1.807) is 6.20 Å². The van der Waals surface area contributed by atoms with Crippen LogP contribution in [-0.4, -0.2) is 36.8 Å². The topological polar surface area (TPSA) is 60.5 Å². The van der Waals surface area contributed by atoms with Crippen LogP contribution in [0.25, 0.3) is 0 Å². The van der Waals surface area contributed by atoms with Crippen molar-refractivity contribution in [2.45, 2.75) is 18.6 Å². The Bertz CT molecular complexity index is 413.